The van der Waals surface area contributed by atoms with Gasteiger partial charge in [0.1, 0.15) is 5.82 Å². The number of rotatable bonds is 5. The van der Waals surface area contributed by atoms with Gasteiger partial charge in [0.05, 0.1) is 35.8 Å². The lowest BCUT2D eigenvalue weighted by Crippen LogP contribution is -2.21. The molecule has 0 radical (unpaired) electrons. The van der Waals surface area contributed by atoms with Crippen LogP contribution in [0.1, 0.15) is 10.4 Å². The number of methoxy groups -OCH3 is 2. The molecule has 2 N–H and O–H groups in total. The number of amides is 1. The van der Waals surface area contributed by atoms with E-state index in [0.717, 1.165) is 6.07 Å². The molecule has 0 fully saturated rings. The molecule has 0 saturated carbocycles. The van der Waals surface area contributed by atoms with E-state index < -0.39 is 17.3 Å². The Hall–Kier alpha value is -3.69. The number of halogens is 2. The lowest BCUT2D eigenvalue weighted by Gasteiger charge is -2.12. The summed E-state index contributed by atoms with van der Waals surface area (Å²) in [6.07, 6.45) is 0. The highest BCUT2D eigenvalue weighted by atomic mass is 35.5. The summed E-state index contributed by atoms with van der Waals surface area (Å²) in [5, 5.41) is 2.95. The summed E-state index contributed by atoms with van der Waals surface area (Å²) in [6, 6.07) is 13.5. The van der Waals surface area contributed by atoms with Crippen LogP contribution in [0, 0.1) is 10.6 Å². The number of nitrogens with zero attached hydrogens (tertiary/aromatic N) is 1. The maximum Gasteiger partial charge on any atom is 0.266 e. The zero-order chi connectivity index (χ0) is 23.7. The fraction of sp³-hybridized carbons (Fsp3) is 0.0870. The van der Waals surface area contributed by atoms with E-state index in [1.165, 1.54) is 49.1 Å². The predicted molar refractivity (Wildman–Crippen MR) is 127 cm³/mol. The second-order valence-electron chi connectivity index (χ2n) is 6.95. The van der Waals surface area contributed by atoms with Crippen LogP contribution < -0.4 is 20.3 Å². The monoisotopic (exact) mass is 485 g/mol. The number of aromatic nitrogens is 2. The van der Waals surface area contributed by atoms with Gasteiger partial charge >= 0.3 is 0 Å². The van der Waals surface area contributed by atoms with Crippen LogP contribution in [0.15, 0.2) is 59.4 Å². The molecule has 3 aromatic carbocycles. The van der Waals surface area contributed by atoms with Crippen molar-refractivity contribution < 1.29 is 18.7 Å². The number of carbonyl (C=O) groups excluding carboxylic acids is 1. The largest absolute Gasteiger partial charge is 0.493 e. The molecule has 0 saturated heterocycles. The standard InChI is InChI=1S/C23H17ClFN3O4S/c1-31-19-8-4-13(10-20(19)32-2)26-21(29)12-3-6-15-18(9-12)27-23(33)28(22(15)30)14-5-7-17(25)16(24)11-14/h3-11H,1-2H3,(H,26,29)(H,27,33). The summed E-state index contributed by atoms with van der Waals surface area (Å²) in [4.78, 5) is 28.8. The van der Waals surface area contributed by atoms with E-state index in [2.05, 4.69) is 10.3 Å². The number of aromatic amines is 1. The van der Waals surface area contributed by atoms with Crippen LogP contribution in [0.25, 0.3) is 16.6 Å². The van der Waals surface area contributed by atoms with Gasteiger partial charge in [0.15, 0.2) is 16.3 Å². The molecule has 0 atom stereocenters. The van der Waals surface area contributed by atoms with Crippen LogP contribution in [-0.4, -0.2) is 29.7 Å². The summed E-state index contributed by atoms with van der Waals surface area (Å²) >= 11 is 11.2. The molecule has 0 spiro atoms. The number of fused-ring (bicyclic) bond motifs is 1. The molecule has 1 amide bonds. The normalized spacial score (nSPS) is 10.8. The summed E-state index contributed by atoms with van der Waals surface area (Å²) in [5.74, 6) is 0.0130. The molecule has 4 rings (SSSR count). The highest BCUT2D eigenvalue weighted by Gasteiger charge is 2.14. The first kappa shape index (κ1) is 22.5. The Bertz CT molecular complexity index is 1520. The fourth-order valence-corrected chi connectivity index (χ4v) is 3.81. The van der Waals surface area contributed by atoms with Crippen LogP contribution >= 0.6 is 23.8 Å². The van der Waals surface area contributed by atoms with Crippen molar-refractivity contribution >= 4 is 46.3 Å². The zero-order valence-corrected chi connectivity index (χ0v) is 19.0. The first-order valence-corrected chi connectivity index (χ1v) is 10.4. The number of benzene rings is 3. The maximum absolute atomic E-state index is 13.5. The zero-order valence-electron chi connectivity index (χ0n) is 17.4. The Labute approximate surface area is 197 Å². The smallest absolute Gasteiger partial charge is 0.266 e. The van der Waals surface area contributed by atoms with E-state index in [-0.39, 0.29) is 9.79 Å². The molecular weight excluding hydrogens is 469 g/mol. The van der Waals surface area contributed by atoms with E-state index >= 15 is 0 Å². The molecule has 0 unspecified atom stereocenters. The Morgan fingerprint density at radius 3 is 2.52 bits per heavy atom. The summed E-state index contributed by atoms with van der Waals surface area (Å²) in [6.45, 7) is 0. The molecule has 1 heterocycles. The minimum absolute atomic E-state index is 0.0765. The highest BCUT2D eigenvalue weighted by molar-refractivity contribution is 7.71. The number of hydrogen-bond acceptors (Lipinski definition) is 5. The van der Waals surface area contributed by atoms with E-state index in [1.54, 1.807) is 18.2 Å². The van der Waals surface area contributed by atoms with Gasteiger partial charge in [0.25, 0.3) is 11.5 Å². The lowest BCUT2D eigenvalue weighted by atomic mass is 10.1. The van der Waals surface area contributed by atoms with Crippen molar-refractivity contribution in [3.63, 3.8) is 0 Å². The third-order valence-electron chi connectivity index (χ3n) is 4.96. The van der Waals surface area contributed by atoms with Gasteiger partial charge in [0.2, 0.25) is 0 Å². The number of anilines is 1. The summed E-state index contributed by atoms with van der Waals surface area (Å²) < 4.78 is 25.3. The van der Waals surface area contributed by atoms with Gasteiger partial charge in [-0.2, -0.15) is 0 Å². The van der Waals surface area contributed by atoms with Crippen molar-refractivity contribution in [3.05, 3.63) is 86.1 Å². The minimum atomic E-state index is -0.603. The third-order valence-corrected chi connectivity index (χ3v) is 5.54. The average molecular weight is 486 g/mol. The summed E-state index contributed by atoms with van der Waals surface area (Å²) in [7, 11) is 3.02. The van der Waals surface area contributed by atoms with Crippen molar-refractivity contribution in [2.75, 3.05) is 19.5 Å². The SMILES string of the molecule is COc1ccc(NC(=O)c2ccc3c(=O)n(-c4ccc(F)c(Cl)c4)c(=S)[nH]c3c2)cc1OC. The van der Waals surface area contributed by atoms with E-state index in [0.29, 0.717) is 39.3 Å². The van der Waals surface area contributed by atoms with Gasteiger partial charge in [-0.1, -0.05) is 11.6 Å². The Morgan fingerprint density at radius 1 is 1.06 bits per heavy atom. The lowest BCUT2D eigenvalue weighted by molar-refractivity contribution is 0.102. The molecule has 168 valence electrons. The van der Waals surface area contributed by atoms with Crippen molar-refractivity contribution in [1.82, 2.24) is 9.55 Å². The van der Waals surface area contributed by atoms with Gasteiger partial charge in [0, 0.05) is 17.3 Å². The molecule has 0 aliphatic carbocycles. The maximum atomic E-state index is 13.5. The van der Waals surface area contributed by atoms with E-state index in [9.17, 15) is 14.0 Å². The number of ether oxygens (including phenoxy) is 2. The van der Waals surface area contributed by atoms with Crippen molar-refractivity contribution in [3.8, 4) is 17.2 Å². The van der Waals surface area contributed by atoms with Crippen molar-refractivity contribution in [2.45, 2.75) is 0 Å². The molecule has 0 bridgehead atoms. The minimum Gasteiger partial charge on any atom is -0.493 e. The highest BCUT2D eigenvalue weighted by Crippen LogP contribution is 2.30. The van der Waals surface area contributed by atoms with Crippen molar-refractivity contribution in [1.29, 1.82) is 0 Å². The topological polar surface area (TPSA) is 85.4 Å². The van der Waals surface area contributed by atoms with Gasteiger partial charge < -0.3 is 19.8 Å². The van der Waals surface area contributed by atoms with Gasteiger partial charge in [-0.3, -0.25) is 14.2 Å². The molecule has 0 aliphatic rings. The third kappa shape index (κ3) is 4.33. The molecule has 0 aliphatic heterocycles. The van der Waals surface area contributed by atoms with Crippen LogP contribution in [-0.2, 0) is 0 Å². The van der Waals surface area contributed by atoms with Gasteiger partial charge in [-0.05, 0) is 60.7 Å². The quantitative estimate of drug-likeness (QED) is 0.384. The predicted octanol–water partition coefficient (Wildman–Crippen LogP) is 5.11. The van der Waals surface area contributed by atoms with Crippen molar-refractivity contribution in [2.24, 2.45) is 0 Å². The molecule has 33 heavy (non-hydrogen) atoms. The second-order valence-corrected chi connectivity index (χ2v) is 7.75. The first-order chi connectivity index (χ1) is 15.8. The molecule has 1 aromatic heterocycles. The first-order valence-electron chi connectivity index (χ1n) is 9.60. The van der Waals surface area contributed by atoms with E-state index in [1.807, 2.05) is 0 Å². The van der Waals surface area contributed by atoms with E-state index in [4.69, 9.17) is 33.3 Å². The number of H-pyrrole nitrogens is 1. The van der Waals surface area contributed by atoms with Crippen LogP contribution in [0.4, 0.5) is 10.1 Å². The molecular formula is C23H17ClFN3O4S. The fourth-order valence-electron chi connectivity index (χ4n) is 3.34. The van der Waals surface area contributed by atoms with Crippen LogP contribution in [0.5, 0.6) is 11.5 Å². The average Bonchev–Trinajstić information content (AvgIpc) is 2.80. The van der Waals surface area contributed by atoms with Gasteiger partial charge in [-0.25, -0.2) is 4.39 Å². The Balaban J connectivity index is 1.70. The number of hydrogen-bond donors (Lipinski definition) is 2. The van der Waals surface area contributed by atoms with Crippen LogP contribution in [0.3, 0.4) is 0 Å². The Kier molecular flexibility index (Phi) is 6.17. The van der Waals surface area contributed by atoms with Gasteiger partial charge in [-0.15, -0.1) is 0 Å². The summed E-state index contributed by atoms with van der Waals surface area (Å²) in [5.41, 5.74) is 1.10. The molecule has 7 nitrogen and oxygen atoms in total. The number of nitrogens with one attached hydrogen (secondary N) is 2. The Morgan fingerprint density at radius 2 is 1.82 bits per heavy atom. The van der Waals surface area contributed by atoms with Crippen LogP contribution in [0.2, 0.25) is 5.02 Å². The number of carbonyl (C=O) groups is 1. The molecule has 4 aromatic rings. The molecule has 10 heteroatoms. The second kappa shape index (κ2) is 9.05.